The molecule has 2 aliphatic rings. The number of esters is 1. The third kappa shape index (κ3) is 6.93. The number of aliphatic hydroxyl groups is 2. The Labute approximate surface area is 203 Å². The van der Waals surface area contributed by atoms with Gasteiger partial charge in [-0.15, -0.1) is 0 Å². The van der Waals surface area contributed by atoms with Gasteiger partial charge in [0.15, 0.2) is 6.23 Å². The van der Waals surface area contributed by atoms with Crippen molar-refractivity contribution < 1.29 is 42.9 Å². The van der Waals surface area contributed by atoms with E-state index in [2.05, 4.69) is 11.9 Å². The Morgan fingerprint density at radius 1 is 1.23 bits per heavy atom. The van der Waals surface area contributed by atoms with Crippen LogP contribution in [0.1, 0.15) is 20.8 Å². The summed E-state index contributed by atoms with van der Waals surface area (Å²) in [6, 6.07) is 8.33. The number of rotatable bonds is 10. The first kappa shape index (κ1) is 26.9. The van der Waals surface area contributed by atoms with E-state index in [-0.39, 0.29) is 29.7 Å². The molecule has 0 aliphatic carbocycles. The lowest BCUT2D eigenvalue weighted by atomic mass is 10.1. The van der Waals surface area contributed by atoms with Crippen molar-refractivity contribution in [3.05, 3.63) is 55.0 Å². The van der Waals surface area contributed by atoms with Crippen molar-refractivity contribution in [1.29, 1.82) is 0 Å². The zero-order valence-corrected chi connectivity index (χ0v) is 20.7. The highest BCUT2D eigenvalue weighted by molar-refractivity contribution is 7.54. The second kappa shape index (κ2) is 11.4. The maximum absolute atomic E-state index is 13.7. The number of para-hydroxylation sites is 1. The van der Waals surface area contributed by atoms with Gasteiger partial charge in [-0.1, -0.05) is 31.7 Å². The fraction of sp³-hybridized carbons (Fsp3) is 0.478. The van der Waals surface area contributed by atoms with Crippen molar-refractivity contribution in [3.8, 4) is 5.75 Å². The van der Waals surface area contributed by atoms with Gasteiger partial charge in [0.1, 0.15) is 29.9 Å². The predicted octanol–water partition coefficient (Wildman–Crippen LogP) is 1.73. The standard InChI is InChI=1S/C23H31N2O9P/c1-14(2)32-23(29)15(3)13-35(30,34-17-8-6-5-7-9-17)31-12-18-20(27)21(28)22(33-18)25-11-10-19(26)24-16(25)4/h5-11,14-15,18,20-22,27-28H,4,12-13H2,1-3H3,(H,24,26)/t15-,18-,20?,21+,22-,35?/m1/s1. The highest BCUT2D eigenvalue weighted by atomic mass is 31.2. The summed E-state index contributed by atoms with van der Waals surface area (Å²) >= 11 is 0. The first-order valence-electron chi connectivity index (χ1n) is 11.2. The van der Waals surface area contributed by atoms with Crippen molar-refractivity contribution in [2.75, 3.05) is 12.8 Å². The van der Waals surface area contributed by atoms with Crippen molar-refractivity contribution >= 4 is 19.5 Å². The molecule has 1 amide bonds. The number of amides is 1. The number of nitrogens with one attached hydrogen (secondary N) is 1. The van der Waals surface area contributed by atoms with Gasteiger partial charge >= 0.3 is 13.6 Å². The van der Waals surface area contributed by atoms with E-state index in [9.17, 15) is 24.4 Å². The normalized spacial score (nSPS) is 26.9. The molecule has 0 spiro atoms. The molecule has 11 nitrogen and oxygen atoms in total. The SMILES string of the molecule is C=C1NC(=O)C=CN1[C@@H]1O[C@H](COP(=O)(C[C@@H](C)C(=O)OC(C)C)Oc2ccccc2)C(O)[C@@H]1O. The average Bonchev–Trinajstić information content (AvgIpc) is 3.06. The van der Waals surface area contributed by atoms with E-state index in [1.165, 1.54) is 17.2 Å². The lowest BCUT2D eigenvalue weighted by Crippen LogP contribution is -2.46. The van der Waals surface area contributed by atoms with Gasteiger partial charge in [0.25, 0.3) is 5.91 Å². The maximum Gasteiger partial charge on any atom is 0.380 e. The van der Waals surface area contributed by atoms with Gasteiger partial charge < -0.3 is 34.4 Å². The number of hydrogen-bond donors (Lipinski definition) is 3. The summed E-state index contributed by atoms with van der Waals surface area (Å²) in [7, 11) is -3.94. The molecule has 2 unspecified atom stereocenters. The Balaban J connectivity index is 1.72. The van der Waals surface area contributed by atoms with Crippen LogP contribution in [0.4, 0.5) is 0 Å². The molecule has 1 saturated heterocycles. The number of carbonyl (C=O) groups is 2. The van der Waals surface area contributed by atoms with Crippen molar-refractivity contribution in [2.45, 2.75) is 51.4 Å². The first-order chi connectivity index (χ1) is 16.5. The van der Waals surface area contributed by atoms with Crippen LogP contribution in [0.2, 0.25) is 0 Å². The predicted molar refractivity (Wildman–Crippen MR) is 125 cm³/mol. The van der Waals surface area contributed by atoms with Crippen LogP contribution in [0, 0.1) is 5.92 Å². The summed E-state index contributed by atoms with van der Waals surface area (Å²) in [5.74, 6) is -1.30. The zero-order chi connectivity index (χ0) is 25.8. The van der Waals surface area contributed by atoms with Gasteiger partial charge in [-0.3, -0.25) is 14.1 Å². The number of aliphatic hydroxyl groups excluding tert-OH is 2. The smallest absolute Gasteiger partial charge is 0.380 e. The van der Waals surface area contributed by atoms with E-state index in [4.69, 9.17) is 18.5 Å². The number of nitrogens with zero attached hydrogens (tertiary/aromatic N) is 1. The molecule has 0 saturated carbocycles. The molecule has 2 heterocycles. The quantitative estimate of drug-likeness (QED) is 0.314. The fourth-order valence-corrected chi connectivity index (χ4v) is 5.39. The maximum atomic E-state index is 13.7. The van der Waals surface area contributed by atoms with E-state index in [1.54, 1.807) is 51.1 Å². The van der Waals surface area contributed by atoms with E-state index in [1.807, 2.05) is 0 Å². The van der Waals surface area contributed by atoms with Gasteiger partial charge in [-0.2, -0.15) is 0 Å². The molecule has 3 N–H and O–H groups in total. The zero-order valence-electron chi connectivity index (χ0n) is 19.8. The fourth-order valence-electron chi connectivity index (χ4n) is 3.53. The topological polar surface area (TPSA) is 144 Å². The lowest BCUT2D eigenvalue weighted by molar-refractivity contribution is -0.151. The van der Waals surface area contributed by atoms with Crippen LogP contribution in [0.5, 0.6) is 5.75 Å². The van der Waals surface area contributed by atoms with Gasteiger partial charge in [0.05, 0.1) is 24.8 Å². The average molecular weight is 510 g/mol. The minimum Gasteiger partial charge on any atom is -0.463 e. The van der Waals surface area contributed by atoms with Gasteiger partial charge in [0, 0.05) is 12.3 Å². The number of carbonyl (C=O) groups excluding carboxylic acids is 2. The molecule has 3 rings (SSSR count). The Bertz CT molecular complexity index is 1000. The summed E-state index contributed by atoms with van der Waals surface area (Å²) in [5.41, 5.74) is 0. The summed E-state index contributed by atoms with van der Waals surface area (Å²) in [6.07, 6.45) is -2.96. The highest BCUT2D eigenvalue weighted by Crippen LogP contribution is 2.50. The third-order valence-corrected chi connectivity index (χ3v) is 7.28. The molecule has 1 aromatic rings. The van der Waals surface area contributed by atoms with E-state index < -0.39 is 50.6 Å². The van der Waals surface area contributed by atoms with Crippen LogP contribution in [0.15, 0.2) is 55.0 Å². The van der Waals surface area contributed by atoms with E-state index in [0.29, 0.717) is 0 Å². The Morgan fingerprint density at radius 2 is 1.91 bits per heavy atom. The van der Waals surface area contributed by atoms with Crippen LogP contribution in [-0.2, 0) is 28.2 Å². The van der Waals surface area contributed by atoms with Gasteiger partial charge in [-0.05, 0) is 26.0 Å². The summed E-state index contributed by atoms with van der Waals surface area (Å²) < 4.78 is 35.9. The van der Waals surface area contributed by atoms with Crippen molar-refractivity contribution in [2.24, 2.45) is 5.92 Å². The molecule has 0 aromatic heterocycles. The number of ether oxygens (including phenoxy) is 2. The summed E-state index contributed by atoms with van der Waals surface area (Å²) in [5, 5.41) is 23.5. The summed E-state index contributed by atoms with van der Waals surface area (Å²) in [6.45, 7) is 8.27. The van der Waals surface area contributed by atoms with Crippen LogP contribution in [-0.4, -0.2) is 70.4 Å². The molecule has 6 atom stereocenters. The van der Waals surface area contributed by atoms with Gasteiger partial charge in [-0.25, -0.2) is 4.57 Å². The minimum absolute atomic E-state index is 0.158. The molecule has 12 heteroatoms. The molecule has 1 fully saturated rings. The largest absolute Gasteiger partial charge is 0.463 e. The van der Waals surface area contributed by atoms with Crippen LogP contribution < -0.4 is 9.84 Å². The molecule has 192 valence electrons. The second-order valence-corrected chi connectivity index (χ2v) is 10.6. The van der Waals surface area contributed by atoms with Crippen LogP contribution in [0.3, 0.4) is 0 Å². The molecule has 0 radical (unpaired) electrons. The molecule has 0 bridgehead atoms. The van der Waals surface area contributed by atoms with E-state index >= 15 is 0 Å². The molecular formula is C23H31N2O9P. The van der Waals surface area contributed by atoms with Crippen molar-refractivity contribution in [3.63, 3.8) is 0 Å². The number of hydrogen-bond acceptors (Lipinski definition) is 10. The second-order valence-electron chi connectivity index (χ2n) is 8.59. The summed E-state index contributed by atoms with van der Waals surface area (Å²) in [4.78, 5) is 25.1. The number of benzene rings is 1. The third-order valence-electron chi connectivity index (χ3n) is 5.25. The lowest BCUT2D eigenvalue weighted by Gasteiger charge is -2.32. The first-order valence-corrected chi connectivity index (χ1v) is 12.9. The molecule has 35 heavy (non-hydrogen) atoms. The molecular weight excluding hydrogens is 479 g/mol. The minimum atomic E-state index is -3.94. The van der Waals surface area contributed by atoms with Crippen LogP contribution in [0.25, 0.3) is 0 Å². The Hall–Kier alpha value is -2.69. The van der Waals surface area contributed by atoms with Crippen LogP contribution >= 0.6 is 7.60 Å². The Morgan fingerprint density at radius 3 is 2.54 bits per heavy atom. The Kier molecular flexibility index (Phi) is 8.74. The monoisotopic (exact) mass is 510 g/mol. The molecule has 1 aromatic carbocycles. The van der Waals surface area contributed by atoms with Gasteiger partial charge in [0.2, 0.25) is 0 Å². The molecule has 2 aliphatic heterocycles. The van der Waals surface area contributed by atoms with Crippen molar-refractivity contribution in [1.82, 2.24) is 10.2 Å². The highest BCUT2D eigenvalue weighted by Gasteiger charge is 2.47. The van der Waals surface area contributed by atoms with E-state index in [0.717, 1.165) is 0 Å².